The topological polar surface area (TPSA) is 62.3 Å². The number of hydrogen-bond donors (Lipinski definition) is 1. The number of benzene rings is 1. The van der Waals surface area contributed by atoms with Gasteiger partial charge in [0.25, 0.3) is 11.8 Å². The second kappa shape index (κ2) is 8.86. The van der Waals surface area contributed by atoms with Crippen molar-refractivity contribution in [3.8, 4) is 0 Å². The number of aryl methyl sites for hydroxylation is 1. The van der Waals surface area contributed by atoms with E-state index in [4.69, 9.17) is 4.98 Å². The molecular weight excluding hydrogens is 418 g/mol. The zero-order valence-electron chi connectivity index (χ0n) is 16.5. The quantitative estimate of drug-likeness (QED) is 0.765. The van der Waals surface area contributed by atoms with E-state index in [-0.39, 0.29) is 23.8 Å². The third-order valence-corrected chi connectivity index (χ3v) is 5.46. The van der Waals surface area contributed by atoms with Crippen LogP contribution in [-0.4, -0.2) is 40.8 Å². The molecule has 0 unspecified atom stereocenters. The van der Waals surface area contributed by atoms with Crippen LogP contribution in [0.25, 0.3) is 0 Å². The second-order valence-electron chi connectivity index (χ2n) is 7.59. The number of amides is 2. The molecule has 2 aromatic rings. The van der Waals surface area contributed by atoms with Crippen LogP contribution in [0.5, 0.6) is 0 Å². The van der Waals surface area contributed by atoms with Crippen molar-refractivity contribution < 1.29 is 9.59 Å². The standard InChI is InChI=1S/C22H26BrN3O2/c1-14(2)24-21(27)19-8-7-15(3)25-20(19)16-9-11-26(12-10-16)22(28)17-5-4-6-18(23)13-17/h4-8,13-14,16H,9-12H2,1-3H3,(H,24,27). The Morgan fingerprint density at radius 2 is 1.89 bits per heavy atom. The molecule has 6 heteroatoms. The number of nitrogens with zero attached hydrogens (tertiary/aromatic N) is 2. The number of hydrogen-bond acceptors (Lipinski definition) is 3. The third-order valence-electron chi connectivity index (χ3n) is 4.97. The maximum atomic E-state index is 12.8. The van der Waals surface area contributed by atoms with Gasteiger partial charge >= 0.3 is 0 Å². The molecule has 2 heterocycles. The van der Waals surface area contributed by atoms with Gasteiger partial charge in [-0.25, -0.2) is 0 Å². The summed E-state index contributed by atoms with van der Waals surface area (Å²) in [5.41, 5.74) is 3.10. The number of carbonyl (C=O) groups is 2. The van der Waals surface area contributed by atoms with Crippen LogP contribution in [0.1, 0.15) is 64.7 Å². The fraction of sp³-hybridized carbons (Fsp3) is 0.409. The van der Waals surface area contributed by atoms with Gasteiger partial charge < -0.3 is 10.2 Å². The van der Waals surface area contributed by atoms with Crippen LogP contribution in [0.2, 0.25) is 0 Å². The molecule has 28 heavy (non-hydrogen) atoms. The van der Waals surface area contributed by atoms with Crippen LogP contribution >= 0.6 is 15.9 Å². The van der Waals surface area contributed by atoms with Crippen molar-refractivity contribution >= 4 is 27.7 Å². The molecule has 5 nitrogen and oxygen atoms in total. The Balaban J connectivity index is 1.73. The van der Waals surface area contributed by atoms with E-state index in [1.54, 1.807) is 0 Å². The lowest BCUT2D eigenvalue weighted by atomic mass is 9.89. The lowest BCUT2D eigenvalue weighted by molar-refractivity contribution is 0.0710. The maximum Gasteiger partial charge on any atom is 0.253 e. The van der Waals surface area contributed by atoms with Crippen LogP contribution in [0, 0.1) is 6.92 Å². The number of carbonyl (C=O) groups excluding carboxylic acids is 2. The Bertz CT molecular complexity index is 874. The fourth-order valence-corrected chi connectivity index (χ4v) is 3.98. The first-order valence-corrected chi connectivity index (χ1v) is 10.5. The fourth-order valence-electron chi connectivity index (χ4n) is 3.58. The highest BCUT2D eigenvalue weighted by Crippen LogP contribution is 2.30. The van der Waals surface area contributed by atoms with Gasteiger partial charge in [-0.3, -0.25) is 14.6 Å². The molecule has 148 valence electrons. The van der Waals surface area contributed by atoms with E-state index in [2.05, 4.69) is 21.2 Å². The highest BCUT2D eigenvalue weighted by Gasteiger charge is 2.28. The molecular formula is C22H26BrN3O2. The summed E-state index contributed by atoms with van der Waals surface area (Å²) >= 11 is 3.42. The SMILES string of the molecule is Cc1ccc(C(=O)NC(C)C)c(C2CCN(C(=O)c3cccc(Br)c3)CC2)n1. The molecule has 1 aliphatic rings. The number of pyridine rings is 1. The van der Waals surface area contributed by atoms with Crippen LogP contribution < -0.4 is 5.32 Å². The van der Waals surface area contributed by atoms with Gasteiger partial charge in [0, 0.05) is 40.8 Å². The average Bonchev–Trinajstić information content (AvgIpc) is 2.67. The summed E-state index contributed by atoms with van der Waals surface area (Å²) in [5.74, 6) is 0.152. The summed E-state index contributed by atoms with van der Waals surface area (Å²) in [5, 5.41) is 2.96. The van der Waals surface area contributed by atoms with Gasteiger partial charge in [-0.2, -0.15) is 0 Å². The molecule has 1 fully saturated rings. The minimum atomic E-state index is -0.0786. The molecule has 1 N–H and O–H groups in total. The van der Waals surface area contributed by atoms with Crippen molar-refractivity contribution in [1.82, 2.24) is 15.2 Å². The van der Waals surface area contributed by atoms with E-state index in [0.29, 0.717) is 24.2 Å². The zero-order chi connectivity index (χ0) is 20.3. The first kappa shape index (κ1) is 20.5. The molecule has 1 aromatic carbocycles. The van der Waals surface area contributed by atoms with Gasteiger partial charge in [0.05, 0.1) is 11.3 Å². The number of halogens is 1. The number of piperidine rings is 1. The molecule has 0 spiro atoms. The molecule has 0 bridgehead atoms. The minimum absolute atomic E-state index is 0.0507. The Kier molecular flexibility index (Phi) is 6.50. The first-order valence-electron chi connectivity index (χ1n) is 9.68. The summed E-state index contributed by atoms with van der Waals surface area (Å²) in [4.78, 5) is 32.0. The smallest absolute Gasteiger partial charge is 0.253 e. The van der Waals surface area contributed by atoms with E-state index in [9.17, 15) is 9.59 Å². The van der Waals surface area contributed by atoms with E-state index in [0.717, 1.165) is 28.7 Å². The van der Waals surface area contributed by atoms with Crippen LogP contribution in [0.4, 0.5) is 0 Å². The van der Waals surface area contributed by atoms with E-state index < -0.39 is 0 Å². The van der Waals surface area contributed by atoms with E-state index in [1.807, 2.05) is 62.1 Å². The van der Waals surface area contributed by atoms with Gasteiger partial charge in [-0.1, -0.05) is 22.0 Å². The van der Waals surface area contributed by atoms with Gasteiger partial charge in [-0.05, 0) is 63.9 Å². The monoisotopic (exact) mass is 443 g/mol. The second-order valence-corrected chi connectivity index (χ2v) is 8.51. The van der Waals surface area contributed by atoms with Gasteiger partial charge in [0.2, 0.25) is 0 Å². The molecule has 3 rings (SSSR count). The Morgan fingerprint density at radius 1 is 1.18 bits per heavy atom. The first-order chi connectivity index (χ1) is 13.3. The van der Waals surface area contributed by atoms with Crippen molar-refractivity contribution in [2.75, 3.05) is 13.1 Å². The number of nitrogens with one attached hydrogen (secondary N) is 1. The van der Waals surface area contributed by atoms with Crippen molar-refractivity contribution in [1.29, 1.82) is 0 Å². The molecule has 1 aliphatic heterocycles. The van der Waals surface area contributed by atoms with Gasteiger partial charge in [0.1, 0.15) is 0 Å². The summed E-state index contributed by atoms with van der Waals surface area (Å²) in [7, 11) is 0. The van der Waals surface area contributed by atoms with Crippen molar-refractivity contribution in [2.45, 2.75) is 45.6 Å². The Morgan fingerprint density at radius 3 is 2.54 bits per heavy atom. The normalized spacial score (nSPS) is 15.0. The lowest BCUT2D eigenvalue weighted by Crippen LogP contribution is -2.38. The molecule has 2 amide bonds. The van der Waals surface area contributed by atoms with Crippen molar-refractivity contribution in [2.24, 2.45) is 0 Å². The van der Waals surface area contributed by atoms with E-state index in [1.165, 1.54) is 0 Å². The summed E-state index contributed by atoms with van der Waals surface area (Å²) in [6, 6.07) is 11.3. The molecule has 0 atom stereocenters. The van der Waals surface area contributed by atoms with E-state index >= 15 is 0 Å². The third kappa shape index (κ3) is 4.79. The lowest BCUT2D eigenvalue weighted by Gasteiger charge is -2.32. The number of rotatable bonds is 4. The predicted octanol–water partition coefficient (Wildman–Crippen LogP) is 4.31. The van der Waals surface area contributed by atoms with Gasteiger partial charge in [-0.15, -0.1) is 0 Å². The van der Waals surface area contributed by atoms with Crippen LogP contribution in [0.3, 0.4) is 0 Å². The molecule has 1 saturated heterocycles. The number of likely N-dealkylation sites (tertiary alicyclic amines) is 1. The van der Waals surface area contributed by atoms with Gasteiger partial charge in [0.15, 0.2) is 0 Å². The minimum Gasteiger partial charge on any atom is -0.350 e. The Hall–Kier alpha value is -2.21. The average molecular weight is 444 g/mol. The largest absolute Gasteiger partial charge is 0.350 e. The summed E-state index contributed by atoms with van der Waals surface area (Å²) in [6.45, 7) is 7.17. The maximum absolute atomic E-state index is 12.8. The molecule has 0 radical (unpaired) electrons. The highest BCUT2D eigenvalue weighted by molar-refractivity contribution is 9.10. The van der Waals surface area contributed by atoms with Crippen LogP contribution in [-0.2, 0) is 0 Å². The Labute approximate surface area is 174 Å². The zero-order valence-corrected chi connectivity index (χ0v) is 18.1. The molecule has 0 aliphatic carbocycles. The highest BCUT2D eigenvalue weighted by atomic mass is 79.9. The van der Waals surface area contributed by atoms with Crippen molar-refractivity contribution in [3.63, 3.8) is 0 Å². The summed E-state index contributed by atoms with van der Waals surface area (Å²) in [6.07, 6.45) is 1.61. The number of aromatic nitrogens is 1. The van der Waals surface area contributed by atoms with Crippen molar-refractivity contribution in [3.05, 3.63) is 63.4 Å². The predicted molar refractivity (Wildman–Crippen MR) is 114 cm³/mol. The van der Waals surface area contributed by atoms with Crippen LogP contribution in [0.15, 0.2) is 40.9 Å². The molecule has 1 aromatic heterocycles. The summed E-state index contributed by atoms with van der Waals surface area (Å²) < 4.78 is 0.901. The molecule has 0 saturated carbocycles.